The van der Waals surface area contributed by atoms with Crippen LogP contribution in [0.5, 0.6) is 11.5 Å². The lowest BCUT2D eigenvalue weighted by Crippen LogP contribution is -2.24. The number of fused-ring (bicyclic) bond motifs is 2. The minimum atomic E-state index is -0.311. The van der Waals surface area contributed by atoms with Crippen LogP contribution in [0.1, 0.15) is 12.8 Å². The number of benzene rings is 2. The third kappa shape index (κ3) is 2.29. The molecule has 3 aromatic rings. The van der Waals surface area contributed by atoms with E-state index < -0.39 is 0 Å². The van der Waals surface area contributed by atoms with Crippen molar-refractivity contribution >= 4 is 16.5 Å². The van der Waals surface area contributed by atoms with Crippen molar-refractivity contribution in [2.75, 3.05) is 19.6 Å². The number of nitrogens with zero attached hydrogens (tertiary/aromatic N) is 3. The number of non-ortho nitro benzene ring substituents is 1. The number of ether oxygens (including phenoxy) is 1. The first kappa shape index (κ1) is 15.4. The van der Waals surface area contributed by atoms with Crippen LogP contribution in [0.15, 0.2) is 42.6 Å². The topological polar surface area (TPSA) is 60.5 Å². The van der Waals surface area contributed by atoms with Gasteiger partial charge in [0, 0.05) is 30.9 Å². The van der Waals surface area contributed by atoms with E-state index in [4.69, 9.17) is 4.74 Å². The lowest BCUT2D eigenvalue weighted by molar-refractivity contribution is -0.383. The third-order valence-corrected chi connectivity index (χ3v) is 5.41. The first-order valence-corrected chi connectivity index (χ1v) is 9.02. The normalized spacial score (nSPS) is 15.8. The van der Waals surface area contributed by atoms with E-state index in [0.29, 0.717) is 11.1 Å². The zero-order valence-electron chi connectivity index (χ0n) is 14.4. The fourth-order valence-corrected chi connectivity index (χ4v) is 4.16. The average Bonchev–Trinajstić information content (AvgIpc) is 3.29. The molecule has 1 fully saturated rings. The Bertz CT molecular complexity index is 1020. The molecule has 0 atom stereocenters. The molecule has 0 amide bonds. The second-order valence-electron chi connectivity index (χ2n) is 6.95. The van der Waals surface area contributed by atoms with Crippen LogP contribution in [0.2, 0.25) is 0 Å². The number of rotatable bonds is 4. The Morgan fingerprint density at radius 2 is 1.85 bits per heavy atom. The summed E-state index contributed by atoms with van der Waals surface area (Å²) in [4.78, 5) is 13.7. The molecule has 132 valence electrons. The van der Waals surface area contributed by atoms with Crippen molar-refractivity contribution in [3.63, 3.8) is 0 Å². The molecule has 2 aromatic carbocycles. The minimum absolute atomic E-state index is 0.132. The van der Waals surface area contributed by atoms with E-state index in [-0.39, 0.29) is 10.6 Å². The van der Waals surface area contributed by atoms with E-state index in [1.165, 1.54) is 12.8 Å². The second kappa shape index (κ2) is 5.85. The lowest BCUT2D eigenvalue weighted by Gasteiger charge is -2.21. The van der Waals surface area contributed by atoms with Gasteiger partial charge in [0.1, 0.15) is 11.5 Å². The second-order valence-corrected chi connectivity index (χ2v) is 6.95. The number of hydrogen-bond acceptors (Lipinski definition) is 4. The average molecular weight is 349 g/mol. The van der Waals surface area contributed by atoms with E-state index in [1.54, 1.807) is 12.1 Å². The van der Waals surface area contributed by atoms with Crippen molar-refractivity contribution in [2.45, 2.75) is 19.4 Å². The van der Waals surface area contributed by atoms with Gasteiger partial charge in [-0.15, -0.1) is 0 Å². The van der Waals surface area contributed by atoms with Gasteiger partial charge in [-0.3, -0.25) is 10.1 Å². The Morgan fingerprint density at radius 3 is 2.65 bits per heavy atom. The summed E-state index contributed by atoms with van der Waals surface area (Å²) in [6, 6.07) is 11.2. The van der Waals surface area contributed by atoms with Crippen LogP contribution in [0.4, 0.5) is 5.69 Å². The lowest BCUT2D eigenvalue weighted by atomic mass is 10.0. The Morgan fingerprint density at radius 1 is 1.04 bits per heavy atom. The Balaban J connectivity index is 1.69. The van der Waals surface area contributed by atoms with Gasteiger partial charge in [-0.1, -0.05) is 12.1 Å². The molecular weight excluding hydrogens is 330 g/mol. The maximum atomic E-state index is 11.5. The Labute approximate surface area is 150 Å². The number of nitro benzene ring substituents is 1. The molecule has 0 spiro atoms. The number of hydrogen-bond donors (Lipinski definition) is 0. The van der Waals surface area contributed by atoms with E-state index in [2.05, 4.69) is 9.47 Å². The first-order chi connectivity index (χ1) is 12.7. The molecule has 2 aliphatic heterocycles. The molecule has 0 bridgehead atoms. The molecule has 0 saturated carbocycles. The molecule has 1 aromatic heterocycles. The fourth-order valence-electron chi connectivity index (χ4n) is 4.16. The molecule has 0 N–H and O–H groups in total. The van der Waals surface area contributed by atoms with Crippen molar-refractivity contribution < 1.29 is 9.66 Å². The standard InChI is InChI=1S/C20H19N3O3/c24-23(25)16-7-8-18-19-15(16)13-22(12-11-21-9-3-4-10-21)20(19)14-5-1-2-6-17(14)26-18/h1-2,5-8,13H,3-4,9-12H2. The summed E-state index contributed by atoms with van der Waals surface area (Å²) in [5, 5.41) is 13.0. The third-order valence-electron chi connectivity index (χ3n) is 5.41. The number of nitro groups is 1. The van der Waals surface area contributed by atoms with Gasteiger partial charge in [-0.25, -0.2) is 0 Å². The van der Waals surface area contributed by atoms with E-state index in [1.807, 2.05) is 30.5 Å². The number of aromatic nitrogens is 1. The molecule has 0 aliphatic carbocycles. The van der Waals surface area contributed by atoms with Crippen LogP contribution >= 0.6 is 0 Å². The molecule has 1 saturated heterocycles. The molecule has 5 rings (SSSR count). The molecule has 2 aliphatic rings. The largest absolute Gasteiger partial charge is 0.456 e. The van der Waals surface area contributed by atoms with Gasteiger partial charge in [0.25, 0.3) is 5.69 Å². The van der Waals surface area contributed by atoms with Crippen LogP contribution in [-0.2, 0) is 6.54 Å². The maximum absolute atomic E-state index is 11.5. The quantitative estimate of drug-likeness (QED) is 0.404. The SMILES string of the molecule is O=[N+]([O-])c1ccc2c3c(n(CCN4CCCC4)cc13)-c1ccccc1O2. The van der Waals surface area contributed by atoms with E-state index in [9.17, 15) is 10.1 Å². The summed E-state index contributed by atoms with van der Waals surface area (Å²) < 4.78 is 8.20. The zero-order valence-corrected chi connectivity index (χ0v) is 14.4. The van der Waals surface area contributed by atoms with Gasteiger partial charge < -0.3 is 14.2 Å². The zero-order chi connectivity index (χ0) is 17.7. The van der Waals surface area contributed by atoms with E-state index in [0.717, 1.165) is 48.6 Å². The Kier molecular flexibility index (Phi) is 3.46. The minimum Gasteiger partial charge on any atom is -0.456 e. The predicted octanol–water partition coefficient (Wildman–Crippen LogP) is 4.42. The highest BCUT2D eigenvalue weighted by molar-refractivity contribution is 6.07. The maximum Gasteiger partial charge on any atom is 0.279 e. The van der Waals surface area contributed by atoms with Crippen LogP contribution < -0.4 is 4.74 Å². The number of para-hydroxylation sites is 1. The Hall–Kier alpha value is -2.86. The highest BCUT2D eigenvalue weighted by atomic mass is 16.6. The van der Waals surface area contributed by atoms with Gasteiger partial charge in [0.05, 0.1) is 21.4 Å². The summed E-state index contributed by atoms with van der Waals surface area (Å²) >= 11 is 0. The highest BCUT2D eigenvalue weighted by Crippen LogP contribution is 2.49. The van der Waals surface area contributed by atoms with Crippen molar-refractivity contribution in [1.29, 1.82) is 0 Å². The van der Waals surface area contributed by atoms with Crippen molar-refractivity contribution in [3.8, 4) is 22.8 Å². The summed E-state index contributed by atoms with van der Waals surface area (Å²) in [6.45, 7) is 4.05. The van der Waals surface area contributed by atoms with Gasteiger partial charge in [0.15, 0.2) is 0 Å². The number of likely N-dealkylation sites (tertiary alicyclic amines) is 1. The van der Waals surface area contributed by atoms with Crippen LogP contribution in [0.25, 0.3) is 22.0 Å². The van der Waals surface area contributed by atoms with Gasteiger partial charge in [0.2, 0.25) is 0 Å². The predicted molar refractivity (Wildman–Crippen MR) is 99.8 cm³/mol. The van der Waals surface area contributed by atoms with Crippen molar-refractivity contribution in [1.82, 2.24) is 9.47 Å². The molecule has 3 heterocycles. The first-order valence-electron chi connectivity index (χ1n) is 9.02. The van der Waals surface area contributed by atoms with Crippen LogP contribution in [0, 0.1) is 10.1 Å². The van der Waals surface area contributed by atoms with Crippen molar-refractivity contribution in [3.05, 3.63) is 52.7 Å². The summed E-state index contributed by atoms with van der Waals surface area (Å²) in [5.41, 5.74) is 2.16. The molecule has 0 unspecified atom stereocenters. The molecule has 26 heavy (non-hydrogen) atoms. The van der Waals surface area contributed by atoms with Gasteiger partial charge >= 0.3 is 0 Å². The monoisotopic (exact) mass is 349 g/mol. The van der Waals surface area contributed by atoms with Crippen LogP contribution in [0.3, 0.4) is 0 Å². The van der Waals surface area contributed by atoms with Crippen molar-refractivity contribution in [2.24, 2.45) is 0 Å². The summed E-state index contributed by atoms with van der Waals surface area (Å²) in [7, 11) is 0. The van der Waals surface area contributed by atoms with Gasteiger partial charge in [-0.2, -0.15) is 0 Å². The molecule has 6 heteroatoms. The fraction of sp³-hybridized carbons (Fsp3) is 0.300. The highest BCUT2D eigenvalue weighted by Gasteiger charge is 2.28. The molecule has 6 nitrogen and oxygen atoms in total. The van der Waals surface area contributed by atoms with Gasteiger partial charge in [-0.05, 0) is 44.1 Å². The summed E-state index contributed by atoms with van der Waals surface area (Å²) in [6.07, 6.45) is 4.44. The summed E-state index contributed by atoms with van der Waals surface area (Å²) in [5.74, 6) is 1.50. The smallest absolute Gasteiger partial charge is 0.279 e. The van der Waals surface area contributed by atoms with E-state index >= 15 is 0 Å². The van der Waals surface area contributed by atoms with Crippen LogP contribution in [-0.4, -0.2) is 34.0 Å². The molecule has 0 radical (unpaired) electrons. The molecular formula is C20H19N3O3.